The van der Waals surface area contributed by atoms with Crippen molar-refractivity contribution in [3.63, 3.8) is 0 Å². The lowest BCUT2D eigenvalue weighted by atomic mass is 10.2. The van der Waals surface area contributed by atoms with Gasteiger partial charge in [-0.2, -0.15) is 10.1 Å². The van der Waals surface area contributed by atoms with Gasteiger partial charge in [-0.1, -0.05) is 35.0 Å². The lowest BCUT2D eigenvalue weighted by Crippen LogP contribution is -2.09. The van der Waals surface area contributed by atoms with Crippen LogP contribution < -0.4 is 4.74 Å². The van der Waals surface area contributed by atoms with E-state index >= 15 is 0 Å². The summed E-state index contributed by atoms with van der Waals surface area (Å²) in [6.07, 6.45) is 1.61. The Balaban J connectivity index is 1.54. The summed E-state index contributed by atoms with van der Waals surface area (Å²) in [5.74, 6) is 0.352. The highest BCUT2D eigenvalue weighted by Crippen LogP contribution is 2.23. The van der Waals surface area contributed by atoms with Gasteiger partial charge in [0.05, 0.1) is 18.5 Å². The maximum Gasteiger partial charge on any atom is 0.362 e. The normalized spacial score (nSPS) is 10.7. The van der Waals surface area contributed by atoms with Gasteiger partial charge >= 0.3 is 5.97 Å². The van der Waals surface area contributed by atoms with Gasteiger partial charge in [-0.3, -0.25) is 0 Å². The molecular formula is C21H17ClN4O4. The Bertz CT molecular complexity index is 1140. The summed E-state index contributed by atoms with van der Waals surface area (Å²) in [4.78, 5) is 16.6. The van der Waals surface area contributed by atoms with Crippen LogP contribution in [0.15, 0.2) is 65.3 Å². The fraction of sp³-hybridized carbons (Fsp3) is 0.143. The van der Waals surface area contributed by atoms with Gasteiger partial charge in [0.1, 0.15) is 0 Å². The van der Waals surface area contributed by atoms with E-state index in [0.717, 1.165) is 11.3 Å². The van der Waals surface area contributed by atoms with Gasteiger partial charge in [-0.15, -0.1) is 0 Å². The van der Waals surface area contributed by atoms with Crippen molar-refractivity contribution in [1.82, 2.24) is 19.9 Å². The first-order chi connectivity index (χ1) is 14.6. The van der Waals surface area contributed by atoms with Crippen molar-refractivity contribution in [1.29, 1.82) is 0 Å². The monoisotopic (exact) mass is 424 g/mol. The van der Waals surface area contributed by atoms with Crippen molar-refractivity contribution in [2.75, 3.05) is 6.61 Å². The van der Waals surface area contributed by atoms with Crippen LogP contribution >= 0.6 is 11.6 Å². The van der Waals surface area contributed by atoms with Crippen LogP contribution in [0.25, 0.3) is 17.1 Å². The summed E-state index contributed by atoms with van der Waals surface area (Å²) < 4.78 is 17.7. The minimum atomic E-state index is -0.572. The quantitative estimate of drug-likeness (QED) is 0.407. The zero-order valence-electron chi connectivity index (χ0n) is 16.0. The number of benzene rings is 2. The molecule has 0 aliphatic heterocycles. The van der Waals surface area contributed by atoms with Gasteiger partial charge in [-0.05, 0) is 43.3 Å². The Morgan fingerprint density at radius 3 is 2.63 bits per heavy atom. The maximum absolute atomic E-state index is 12.3. The first kappa shape index (κ1) is 19.7. The van der Waals surface area contributed by atoms with Crippen LogP contribution in [0.3, 0.4) is 0 Å². The number of hydrogen-bond donors (Lipinski definition) is 0. The molecule has 8 nitrogen and oxygen atoms in total. The van der Waals surface area contributed by atoms with Crippen LogP contribution in [0.4, 0.5) is 0 Å². The smallest absolute Gasteiger partial charge is 0.362 e. The van der Waals surface area contributed by atoms with Gasteiger partial charge in [0.15, 0.2) is 12.4 Å². The van der Waals surface area contributed by atoms with E-state index in [9.17, 15) is 4.79 Å². The average Bonchev–Trinajstić information content (AvgIpc) is 3.41. The highest BCUT2D eigenvalue weighted by atomic mass is 35.5. The molecule has 4 rings (SSSR count). The summed E-state index contributed by atoms with van der Waals surface area (Å²) in [6, 6.07) is 16.4. The van der Waals surface area contributed by atoms with E-state index in [4.69, 9.17) is 25.6 Å². The zero-order valence-corrected chi connectivity index (χ0v) is 16.7. The molecule has 0 bridgehead atoms. The van der Waals surface area contributed by atoms with Crippen LogP contribution in [-0.4, -0.2) is 32.5 Å². The Morgan fingerprint density at radius 1 is 1.13 bits per heavy atom. The summed E-state index contributed by atoms with van der Waals surface area (Å²) >= 11 is 5.90. The van der Waals surface area contributed by atoms with Gasteiger partial charge in [0.2, 0.25) is 11.5 Å². The number of esters is 1. The SMILES string of the molecule is CCOC(=O)c1nn(-c2ccccc2)cc1OCc1noc(-c2ccc(Cl)cc2)n1. The number of ether oxygens (including phenoxy) is 2. The first-order valence-corrected chi connectivity index (χ1v) is 9.55. The van der Waals surface area contributed by atoms with E-state index in [2.05, 4.69) is 15.2 Å². The van der Waals surface area contributed by atoms with Gasteiger partial charge in [0, 0.05) is 10.6 Å². The second-order valence-electron chi connectivity index (χ2n) is 6.15. The second kappa shape index (κ2) is 8.79. The molecule has 0 aliphatic rings. The number of rotatable bonds is 7. The fourth-order valence-corrected chi connectivity index (χ4v) is 2.81. The molecule has 0 spiro atoms. The van der Waals surface area contributed by atoms with Gasteiger partial charge < -0.3 is 14.0 Å². The molecule has 0 saturated carbocycles. The van der Waals surface area contributed by atoms with E-state index < -0.39 is 5.97 Å². The molecule has 0 fully saturated rings. The number of carbonyl (C=O) groups excluding carboxylic acids is 1. The largest absolute Gasteiger partial charge is 0.481 e. The predicted octanol–water partition coefficient (Wildman–Crippen LogP) is 4.33. The van der Waals surface area contributed by atoms with Crippen molar-refractivity contribution in [2.45, 2.75) is 13.5 Å². The number of aromatic nitrogens is 4. The molecule has 0 unspecified atom stereocenters. The molecule has 152 valence electrons. The minimum absolute atomic E-state index is 0.00994. The molecule has 2 heterocycles. The molecule has 2 aromatic heterocycles. The van der Waals surface area contributed by atoms with Gasteiger partial charge in [-0.25, -0.2) is 9.48 Å². The molecule has 0 N–H and O–H groups in total. The lowest BCUT2D eigenvalue weighted by molar-refractivity contribution is 0.0513. The fourth-order valence-electron chi connectivity index (χ4n) is 2.68. The summed E-state index contributed by atoms with van der Waals surface area (Å²) in [5.41, 5.74) is 1.59. The number of carbonyl (C=O) groups is 1. The summed E-state index contributed by atoms with van der Waals surface area (Å²) in [7, 11) is 0. The Kier molecular flexibility index (Phi) is 5.76. The highest BCUT2D eigenvalue weighted by Gasteiger charge is 2.21. The number of halogens is 1. The van der Waals surface area contributed by atoms with E-state index in [1.54, 1.807) is 42.1 Å². The first-order valence-electron chi connectivity index (χ1n) is 9.17. The van der Waals surface area contributed by atoms with E-state index in [-0.39, 0.29) is 24.7 Å². The number of para-hydroxylation sites is 1. The molecule has 0 aliphatic carbocycles. The van der Waals surface area contributed by atoms with E-state index in [1.165, 1.54) is 0 Å². The molecular weight excluding hydrogens is 408 g/mol. The summed E-state index contributed by atoms with van der Waals surface area (Å²) in [6.45, 7) is 1.94. The van der Waals surface area contributed by atoms with Crippen LogP contribution in [0.2, 0.25) is 5.02 Å². The summed E-state index contributed by atoms with van der Waals surface area (Å²) in [5, 5.41) is 8.85. The van der Waals surface area contributed by atoms with Crippen LogP contribution in [0, 0.1) is 0 Å². The Hall–Kier alpha value is -3.65. The molecule has 0 atom stereocenters. The van der Waals surface area contributed by atoms with Crippen LogP contribution in [-0.2, 0) is 11.3 Å². The third kappa shape index (κ3) is 4.33. The van der Waals surface area contributed by atoms with Gasteiger partial charge in [0.25, 0.3) is 5.89 Å². The molecule has 9 heteroatoms. The third-order valence-corrected chi connectivity index (χ3v) is 4.34. The lowest BCUT2D eigenvalue weighted by Gasteiger charge is -2.02. The topological polar surface area (TPSA) is 92.3 Å². The third-order valence-electron chi connectivity index (χ3n) is 4.09. The van der Waals surface area contributed by atoms with E-state index in [0.29, 0.717) is 16.7 Å². The highest BCUT2D eigenvalue weighted by molar-refractivity contribution is 6.30. The average molecular weight is 425 g/mol. The second-order valence-corrected chi connectivity index (χ2v) is 6.59. The molecule has 2 aromatic carbocycles. The van der Waals surface area contributed by atoms with Crippen molar-refractivity contribution in [3.05, 3.63) is 77.3 Å². The Labute approximate surface area is 177 Å². The predicted molar refractivity (Wildman–Crippen MR) is 109 cm³/mol. The van der Waals surface area contributed by atoms with Crippen LogP contribution in [0.1, 0.15) is 23.2 Å². The van der Waals surface area contributed by atoms with Crippen LogP contribution in [0.5, 0.6) is 5.75 Å². The molecule has 0 radical (unpaired) electrons. The van der Waals surface area contributed by atoms with E-state index in [1.807, 2.05) is 30.3 Å². The minimum Gasteiger partial charge on any atom is -0.481 e. The maximum atomic E-state index is 12.3. The standard InChI is InChI=1S/C21H17ClN4O4/c1-2-28-21(27)19-17(12-26(24-19)16-6-4-3-5-7-16)29-13-18-23-20(30-25-18)14-8-10-15(22)11-9-14/h3-12H,2,13H2,1H3. The van der Waals surface area contributed by atoms with Crippen molar-refractivity contribution in [2.24, 2.45) is 0 Å². The number of hydrogen-bond acceptors (Lipinski definition) is 7. The van der Waals surface area contributed by atoms with Crippen molar-refractivity contribution in [3.8, 4) is 22.9 Å². The van der Waals surface area contributed by atoms with Crippen molar-refractivity contribution < 1.29 is 18.8 Å². The Morgan fingerprint density at radius 2 is 1.90 bits per heavy atom. The zero-order chi connectivity index (χ0) is 20.9. The number of nitrogens with zero attached hydrogens (tertiary/aromatic N) is 4. The molecule has 30 heavy (non-hydrogen) atoms. The van der Waals surface area contributed by atoms with Crippen molar-refractivity contribution >= 4 is 17.6 Å². The molecule has 4 aromatic rings. The molecule has 0 amide bonds. The molecule has 0 saturated heterocycles.